The molecule has 0 atom stereocenters. The molecule has 5 heteroatoms. The SMILES string of the molecule is CCCCCN=C(NCC)NC1CCN(CCC)CC1.I. The first-order valence-corrected chi connectivity index (χ1v) is 8.57. The molecule has 1 aliphatic heterocycles. The number of hydrogen-bond acceptors (Lipinski definition) is 2. The maximum Gasteiger partial charge on any atom is 0.191 e. The highest BCUT2D eigenvalue weighted by atomic mass is 127. The Hall–Kier alpha value is -0.0400. The summed E-state index contributed by atoms with van der Waals surface area (Å²) in [4.78, 5) is 7.25. The molecule has 0 aliphatic carbocycles. The van der Waals surface area contributed by atoms with Gasteiger partial charge < -0.3 is 15.5 Å². The van der Waals surface area contributed by atoms with E-state index in [1.165, 1.54) is 58.2 Å². The van der Waals surface area contributed by atoms with Crippen LogP contribution < -0.4 is 10.6 Å². The van der Waals surface area contributed by atoms with Crippen molar-refractivity contribution in [3.05, 3.63) is 0 Å². The average molecular weight is 410 g/mol. The minimum absolute atomic E-state index is 0. The van der Waals surface area contributed by atoms with Gasteiger partial charge in [0.2, 0.25) is 0 Å². The van der Waals surface area contributed by atoms with Crippen LogP contribution in [0.15, 0.2) is 4.99 Å². The van der Waals surface area contributed by atoms with Crippen LogP contribution in [-0.2, 0) is 0 Å². The van der Waals surface area contributed by atoms with Crippen molar-refractivity contribution >= 4 is 29.9 Å². The highest BCUT2D eigenvalue weighted by molar-refractivity contribution is 14.0. The average Bonchev–Trinajstić information content (AvgIpc) is 2.46. The van der Waals surface area contributed by atoms with Crippen LogP contribution in [0.3, 0.4) is 0 Å². The van der Waals surface area contributed by atoms with Crippen LogP contribution in [0.5, 0.6) is 0 Å². The summed E-state index contributed by atoms with van der Waals surface area (Å²) in [5, 5.41) is 6.98. The van der Waals surface area contributed by atoms with Crippen molar-refractivity contribution in [3.8, 4) is 0 Å². The largest absolute Gasteiger partial charge is 0.357 e. The van der Waals surface area contributed by atoms with Gasteiger partial charge in [-0.25, -0.2) is 0 Å². The van der Waals surface area contributed by atoms with E-state index in [1.54, 1.807) is 0 Å². The Bertz CT molecular complexity index is 263. The van der Waals surface area contributed by atoms with Crippen molar-refractivity contribution < 1.29 is 0 Å². The van der Waals surface area contributed by atoms with Gasteiger partial charge in [0.15, 0.2) is 5.96 Å². The van der Waals surface area contributed by atoms with Crippen molar-refractivity contribution in [1.82, 2.24) is 15.5 Å². The van der Waals surface area contributed by atoms with Crippen LogP contribution in [0.4, 0.5) is 0 Å². The molecule has 1 aliphatic rings. The van der Waals surface area contributed by atoms with E-state index in [9.17, 15) is 0 Å². The Morgan fingerprint density at radius 3 is 2.38 bits per heavy atom. The van der Waals surface area contributed by atoms with Gasteiger partial charge in [-0.3, -0.25) is 4.99 Å². The summed E-state index contributed by atoms with van der Waals surface area (Å²) in [6.07, 6.45) is 7.47. The zero-order chi connectivity index (χ0) is 14.6. The van der Waals surface area contributed by atoms with Crippen molar-refractivity contribution in [1.29, 1.82) is 0 Å². The predicted molar refractivity (Wildman–Crippen MR) is 104 cm³/mol. The molecule has 0 saturated carbocycles. The second kappa shape index (κ2) is 13.6. The fourth-order valence-corrected chi connectivity index (χ4v) is 2.68. The van der Waals surface area contributed by atoms with Crippen LogP contribution >= 0.6 is 24.0 Å². The molecule has 21 heavy (non-hydrogen) atoms. The number of nitrogens with one attached hydrogen (secondary N) is 2. The highest BCUT2D eigenvalue weighted by Crippen LogP contribution is 2.10. The van der Waals surface area contributed by atoms with Gasteiger partial charge in [-0.2, -0.15) is 0 Å². The molecule has 126 valence electrons. The third kappa shape index (κ3) is 9.55. The number of guanidine groups is 1. The van der Waals surface area contributed by atoms with Gasteiger partial charge in [0, 0.05) is 32.2 Å². The maximum absolute atomic E-state index is 4.68. The first kappa shape index (κ1) is 21.0. The summed E-state index contributed by atoms with van der Waals surface area (Å²) in [7, 11) is 0. The number of piperidine rings is 1. The second-order valence-electron chi connectivity index (χ2n) is 5.73. The first-order chi connectivity index (χ1) is 9.80. The topological polar surface area (TPSA) is 39.7 Å². The van der Waals surface area contributed by atoms with Gasteiger partial charge in [0.1, 0.15) is 0 Å². The summed E-state index contributed by atoms with van der Waals surface area (Å²) in [6.45, 7) is 12.2. The Balaban J connectivity index is 0.00000400. The zero-order valence-electron chi connectivity index (χ0n) is 14.2. The van der Waals surface area contributed by atoms with Gasteiger partial charge in [-0.05, 0) is 39.2 Å². The van der Waals surface area contributed by atoms with Crippen LogP contribution in [0.2, 0.25) is 0 Å². The lowest BCUT2D eigenvalue weighted by molar-refractivity contribution is 0.206. The van der Waals surface area contributed by atoms with Crippen LogP contribution in [0.1, 0.15) is 59.3 Å². The van der Waals surface area contributed by atoms with Gasteiger partial charge in [0.25, 0.3) is 0 Å². The van der Waals surface area contributed by atoms with E-state index in [-0.39, 0.29) is 24.0 Å². The summed E-state index contributed by atoms with van der Waals surface area (Å²) in [6, 6.07) is 0.590. The minimum Gasteiger partial charge on any atom is -0.357 e. The quantitative estimate of drug-likeness (QED) is 0.279. The summed E-state index contributed by atoms with van der Waals surface area (Å²) in [5.74, 6) is 1.01. The maximum atomic E-state index is 4.68. The Morgan fingerprint density at radius 1 is 1.10 bits per heavy atom. The Morgan fingerprint density at radius 2 is 1.81 bits per heavy atom. The summed E-state index contributed by atoms with van der Waals surface area (Å²) >= 11 is 0. The molecule has 2 N–H and O–H groups in total. The van der Waals surface area contributed by atoms with Crippen LogP contribution in [-0.4, -0.2) is 49.6 Å². The first-order valence-electron chi connectivity index (χ1n) is 8.57. The molecule has 0 aromatic heterocycles. The molecular formula is C16H35IN4. The van der Waals surface area contributed by atoms with E-state index >= 15 is 0 Å². The third-order valence-electron chi connectivity index (χ3n) is 3.84. The standard InChI is InChI=1S/C16H34N4.HI/c1-4-7-8-11-18-16(17-6-3)19-15-9-13-20(12-5-2)14-10-15;/h15H,4-14H2,1-3H3,(H2,17,18,19);1H. The van der Waals surface area contributed by atoms with Gasteiger partial charge in [-0.1, -0.05) is 26.7 Å². The number of rotatable bonds is 8. The number of halogens is 1. The van der Waals surface area contributed by atoms with Gasteiger partial charge >= 0.3 is 0 Å². The van der Waals surface area contributed by atoms with Crippen LogP contribution in [0, 0.1) is 0 Å². The zero-order valence-corrected chi connectivity index (χ0v) is 16.5. The molecule has 4 nitrogen and oxygen atoms in total. The number of unbranched alkanes of at least 4 members (excludes halogenated alkanes) is 2. The van der Waals surface area contributed by atoms with Crippen molar-refractivity contribution in [3.63, 3.8) is 0 Å². The monoisotopic (exact) mass is 410 g/mol. The van der Waals surface area contributed by atoms with E-state index in [0.717, 1.165) is 19.0 Å². The second-order valence-corrected chi connectivity index (χ2v) is 5.73. The number of hydrogen-bond donors (Lipinski definition) is 2. The number of aliphatic imine (C=N–C) groups is 1. The molecule has 1 fully saturated rings. The normalized spacial score (nSPS) is 17.4. The van der Waals surface area contributed by atoms with E-state index in [2.05, 4.69) is 41.3 Å². The molecular weight excluding hydrogens is 375 g/mol. The lowest BCUT2D eigenvalue weighted by Crippen LogP contribution is -2.48. The predicted octanol–water partition coefficient (Wildman–Crippen LogP) is 3.22. The molecule has 0 bridgehead atoms. The molecule has 1 rings (SSSR count). The van der Waals surface area contributed by atoms with E-state index in [4.69, 9.17) is 0 Å². The van der Waals surface area contributed by atoms with Crippen molar-refractivity contribution in [2.45, 2.75) is 65.3 Å². The van der Waals surface area contributed by atoms with E-state index in [0.29, 0.717) is 6.04 Å². The van der Waals surface area contributed by atoms with Crippen molar-refractivity contribution in [2.75, 3.05) is 32.7 Å². The van der Waals surface area contributed by atoms with E-state index in [1.807, 2.05) is 0 Å². The highest BCUT2D eigenvalue weighted by Gasteiger charge is 2.19. The molecule has 0 amide bonds. The third-order valence-corrected chi connectivity index (χ3v) is 3.84. The Kier molecular flexibility index (Phi) is 13.6. The molecule has 0 aromatic rings. The lowest BCUT2D eigenvalue weighted by atomic mass is 10.1. The number of likely N-dealkylation sites (tertiary alicyclic amines) is 1. The lowest BCUT2D eigenvalue weighted by Gasteiger charge is -2.32. The fraction of sp³-hybridized carbons (Fsp3) is 0.938. The smallest absolute Gasteiger partial charge is 0.191 e. The van der Waals surface area contributed by atoms with Crippen molar-refractivity contribution in [2.24, 2.45) is 4.99 Å². The molecule has 0 radical (unpaired) electrons. The molecule has 0 unspecified atom stereocenters. The minimum atomic E-state index is 0. The molecule has 0 aromatic carbocycles. The molecule has 1 heterocycles. The number of nitrogens with zero attached hydrogens (tertiary/aromatic N) is 2. The Labute approximate surface area is 148 Å². The fourth-order valence-electron chi connectivity index (χ4n) is 2.68. The van der Waals surface area contributed by atoms with E-state index < -0.39 is 0 Å². The summed E-state index contributed by atoms with van der Waals surface area (Å²) < 4.78 is 0. The molecule has 0 spiro atoms. The molecule has 1 saturated heterocycles. The summed E-state index contributed by atoms with van der Waals surface area (Å²) in [5.41, 5.74) is 0. The van der Waals surface area contributed by atoms with Gasteiger partial charge in [0.05, 0.1) is 0 Å². The van der Waals surface area contributed by atoms with Crippen LogP contribution in [0.25, 0.3) is 0 Å². The van der Waals surface area contributed by atoms with Gasteiger partial charge in [-0.15, -0.1) is 24.0 Å².